The summed E-state index contributed by atoms with van der Waals surface area (Å²) in [6, 6.07) is 26.8. The number of thioether (sulfide) groups is 2. The Balaban J connectivity index is 1.46. The molecule has 3 aromatic carbocycles. The van der Waals surface area contributed by atoms with Crippen LogP contribution in [-0.4, -0.2) is 11.5 Å². The Morgan fingerprint density at radius 1 is 0.475 bits per heavy atom. The van der Waals surface area contributed by atoms with E-state index in [0.29, 0.717) is 0 Å². The Labute approximate surface area is 254 Å². The van der Waals surface area contributed by atoms with Gasteiger partial charge >= 0.3 is 0 Å². The van der Waals surface area contributed by atoms with Crippen molar-refractivity contribution in [2.75, 3.05) is 11.5 Å². The van der Waals surface area contributed by atoms with Crippen LogP contribution in [0, 0.1) is 11.8 Å². The van der Waals surface area contributed by atoms with E-state index < -0.39 is 0 Å². The lowest BCUT2D eigenvalue weighted by atomic mass is 10.0. The van der Waals surface area contributed by atoms with Crippen molar-refractivity contribution < 1.29 is 0 Å². The van der Waals surface area contributed by atoms with E-state index in [2.05, 4.69) is 125 Å². The average Bonchev–Trinajstić information content (AvgIpc) is 3.01. The highest BCUT2D eigenvalue weighted by molar-refractivity contribution is 7.99. The molecule has 2 heteroatoms. The van der Waals surface area contributed by atoms with Crippen LogP contribution in [-0.2, 0) is 0 Å². The van der Waals surface area contributed by atoms with Crippen molar-refractivity contribution in [2.24, 2.45) is 11.8 Å². The van der Waals surface area contributed by atoms with Gasteiger partial charge in [-0.05, 0) is 71.2 Å². The maximum Gasteiger partial charge on any atom is 0.00724 e. The van der Waals surface area contributed by atoms with Gasteiger partial charge < -0.3 is 0 Å². The summed E-state index contributed by atoms with van der Waals surface area (Å²) in [7, 11) is 0. The van der Waals surface area contributed by atoms with Gasteiger partial charge in [-0.3, -0.25) is 0 Å². The highest BCUT2D eigenvalue weighted by Gasteiger charge is 2.07. The number of rotatable bonds is 18. The smallest absolute Gasteiger partial charge is 0.00724 e. The van der Waals surface area contributed by atoms with Crippen molar-refractivity contribution in [2.45, 2.75) is 88.9 Å². The first-order chi connectivity index (χ1) is 19.6. The van der Waals surface area contributed by atoms with Crippen molar-refractivity contribution in [3.8, 4) is 0 Å². The van der Waals surface area contributed by atoms with Gasteiger partial charge in [-0.15, -0.1) is 23.5 Å². The van der Waals surface area contributed by atoms with Gasteiger partial charge in [0.25, 0.3) is 0 Å². The van der Waals surface area contributed by atoms with Gasteiger partial charge in [0.2, 0.25) is 0 Å². The van der Waals surface area contributed by atoms with Gasteiger partial charge in [-0.2, -0.15) is 0 Å². The number of unbranched alkanes of at least 4 members (excludes halogenated alkanes) is 2. The standard InChI is InChI=1S/C38H50S2/c1-5-9-11-31(7-3)29-39-37-25-21-35(22-26-37)19-17-33-13-15-34(16-14-33)18-20-36-23-27-38(28-24-36)40-30-32(8-4)12-10-6-2/h13-28,31-32H,5-12,29-30H2,1-4H3/b19-17+,20-18+. The van der Waals surface area contributed by atoms with E-state index in [4.69, 9.17) is 0 Å². The first kappa shape index (κ1) is 32.4. The first-order valence-corrected chi connectivity index (χ1v) is 17.5. The largest absolute Gasteiger partial charge is 0.126 e. The van der Waals surface area contributed by atoms with Crippen LogP contribution >= 0.6 is 23.5 Å². The van der Waals surface area contributed by atoms with Gasteiger partial charge in [-0.25, -0.2) is 0 Å². The van der Waals surface area contributed by atoms with Crippen LogP contribution < -0.4 is 0 Å². The Hall–Kier alpha value is -2.16. The molecule has 0 aliphatic carbocycles. The molecule has 0 bridgehead atoms. The molecule has 0 aliphatic rings. The second kappa shape index (κ2) is 19.1. The van der Waals surface area contributed by atoms with E-state index in [1.54, 1.807) is 0 Å². The van der Waals surface area contributed by atoms with Crippen LogP contribution in [0.25, 0.3) is 24.3 Å². The molecule has 0 fully saturated rings. The molecular weight excluding hydrogens is 521 g/mol. The molecule has 0 aliphatic heterocycles. The fourth-order valence-electron chi connectivity index (χ4n) is 4.68. The molecule has 0 nitrogen and oxygen atoms in total. The van der Waals surface area contributed by atoms with E-state index in [1.807, 2.05) is 23.5 Å². The minimum Gasteiger partial charge on any atom is -0.126 e. The SMILES string of the molecule is CCCCC(CC)CSc1ccc(/C=C/c2ccc(/C=C/c3ccc(SCC(CC)CCCC)cc3)cc2)cc1. The Kier molecular flexibility index (Phi) is 15.4. The second-order valence-electron chi connectivity index (χ2n) is 10.9. The van der Waals surface area contributed by atoms with E-state index >= 15 is 0 Å². The molecule has 3 rings (SSSR count). The molecule has 3 aromatic rings. The summed E-state index contributed by atoms with van der Waals surface area (Å²) in [6.45, 7) is 9.23. The Morgan fingerprint density at radius 2 is 0.775 bits per heavy atom. The molecule has 214 valence electrons. The molecule has 0 N–H and O–H groups in total. The van der Waals surface area contributed by atoms with Crippen molar-refractivity contribution >= 4 is 47.8 Å². The van der Waals surface area contributed by atoms with Gasteiger partial charge in [0.15, 0.2) is 0 Å². The van der Waals surface area contributed by atoms with Crippen LogP contribution in [0.15, 0.2) is 82.6 Å². The molecule has 2 unspecified atom stereocenters. The first-order valence-electron chi connectivity index (χ1n) is 15.5. The molecule has 0 amide bonds. The monoisotopic (exact) mass is 570 g/mol. The third-order valence-electron chi connectivity index (χ3n) is 7.69. The van der Waals surface area contributed by atoms with Crippen molar-refractivity contribution in [1.29, 1.82) is 0 Å². The number of benzene rings is 3. The lowest BCUT2D eigenvalue weighted by molar-refractivity contribution is 0.499. The zero-order valence-corrected chi connectivity index (χ0v) is 26.9. The molecule has 0 saturated heterocycles. The van der Waals surface area contributed by atoms with E-state index in [9.17, 15) is 0 Å². The summed E-state index contributed by atoms with van der Waals surface area (Å²) in [6.07, 6.45) is 19.4. The summed E-state index contributed by atoms with van der Waals surface area (Å²) < 4.78 is 0. The van der Waals surface area contributed by atoms with Gasteiger partial charge in [0, 0.05) is 21.3 Å². The Bertz CT molecular complexity index is 1030. The van der Waals surface area contributed by atoms with E-state index in [0.717, 1.165) is 11.8 Å². The zero-order chi connectivity index (χ0) is 28.4. The molecule has 0 saturated carbocycles. The lowest BCUT2D eigenvalue weighted by Gasteiger charge is -2.13. The van der Waals surface area contributed by atoms with Gasteiger partial charge in [0.1, 0.15) is 0 Å². The molecule has 0 spiro atoms. The molecule has 0 aromatic heterocycles. The van der Waals surface area contributed by atoms with Crippen LogP contribution in [0.2, 0.25) is 0 Å². The molecule has 40 heavy (non-hydrogen) atoms. The zero-order valence-electron chi connectivity index (χ0n) is 25.3. The van der Waals surface area contributed by atoms with Gasteiger partial charge in [0.05, 0.1) is 0 Å². The van der Waals surface area contributed by atoms with E-state index in [-0.39, 0.29) is 0 Å². The quantitative estimate of drug-likeness (QED) is 0.110. The van der Waals surface area contributed by atoms with Crippen LogP contribution in [0.3, 0.4) is 0 Å². The van der Waals surface area contributed by atoms with Crippen molar-refractivity contribution in [1.82, 2.24) is 0 Å². The normalized spacial score (nSPS) is 13.3. The fourth-order valence-corrected chi connectivity index (χ4v) is 7.00. The summed E-state index contributed by atoms with van der Waals surface area (Å²) in [5, 5.41) is 0. The lowest BCUT2D eigenvalue weighted by Crippen LogP contribution is -2.01. The minimum absolute atomic E-state index is 0.839. The second-order valence-corrected chi connectivity index (χ2v) is 13.1. The minimum atomic E-state index is 0.839. The number of hydrogen-bond donors (Lipinski definition) is 0. The number of hydrogen-bond acceptors (Lipinski definition) is 2. The highest BCUT2D eigenvalue weighted by atomic mass is 32.2. The third-order valence-corrected chi connectivity index (χ3v) is 10.2. The third kappa shape index (κ3) is 12.1. The maximum absolute atomic E-state index is 2.33. The predicted octanol–water partition coefficient (Wildman–Crippen LogP) is 12.6. The molecule has 0 heterocycles. The summed E-state index contributed by atoms with van der Waals surface area (Å²) in [4.78, 5) is 2.76. The van der Waals surface area contributed by atoms with Gasteiger partial charge in [-0.1, -0.05) is 139 Å². The summed E-state index contributed by atoms with van der Waals surface area (Å²) >= 11 is 4.01. The predicted molar refractivity (Wildman–Crippen MR) is 185 cm³/mol. The molecule has 0 radical (unpaired) electrons. The topological polar surface area (TPSA) is 0 Å². The van der Waals surface area contributed by atoms with Crippen molar-refractivity contribution in [3.05, 3.63) is 95.1 Å². The maximum atomic E-state index is 2.33. The average molecular weight is 571 g/mol. The highest BCUT2D eigenvalue weighted by Crippen LogP contribution is 2.27. The fraction of sp³-hybridized carbons (Fsp3) is 0.421. The summed E-state index contributed by atoms with van der Waals surface area (Å²) in [5.74, 6) is 4.14. The molecule has 2 atom stereocenters. The van der Waals surface area contributed by atoms with Crippen molar-refractivity contribution in [3.63, 3.8) is 0 Å². The van der Waals surface area contributed by atoms with Crippen LogP contribution in [0.5, 0.6) is 0 Å². The van der Waals surface area contributed by atoms with E-state index in [1.165, 1.54) is 94.9 Å². The van der Waals surface area contributed by atoms with Crippen LogP contribution in [0.1, 0.15) is 101 Å². The Morgan fingerprint density at radius 3 is 1.05 bits per heavy atom. The summed E-state index contributed by atoms with van der Waals surface area (Å²) in [5.41, 5.74) is 4.95. The molecular formula is C38H50S2. The van der Waals surface area contributed by atoms with Crippen LogP contribution in [0.4, 0.5) is 0 Å².